The molecule has 0 unspecified atom stereocenters. The van der Waals surface area contributed by atoms with Crippen LogP contribution in [0.1, 0.15) is 68.0 Å². The van der Waals surface area contributed by atoms with Gasteiger partial charge in [-0.1, -0.05) is 90.5 Å². The fourth-order valence-corrected chi connectivity index (χ4v) is 6.32. The standard InChI is InChI=1S/C22H19ClN2O3.C22H18F2N2O3/c1-14-6-2-3-7-17(14)20(11-21(26)27)25-22(28)16-10-15(12-24-13-16)18-8-4-5-9-19(18)23;1-13-6-2-3-7-14(13)19(12-20(27)28)26-22(29)18-11-5-10-17(25-18)15-8-4-9-16(23)21(15)24/h2-10,12-13,20H,11H2,1H3,(H,25,28)(H,26,27);2-11,19H,12H2,1H3,(H,26,29)(H,27,28)/t20-;19-/m00/s1. The number of carbonyl (C=O) groups is 4. The number of aliphatic carboxylic acids is 2. The number of halogens is 3. The van der Waals surface area contributed by atoms with E-state index in [1.54, 1.807) is 30.5 Å². The quantitative estimate of drug-likeness (QED) is 0.0957. The Kier molecular flexibility index (Phi) is 13.9. The zero-order valence-corrected chi connectivity index (χ0v) is 31.5. The molecule has 10 nitrogen and oxygen atoms in total. The highest BCUT2D eigenvalue weighted by Gasteiger charge is 2.23. The second kappa shape index (κ2) is 19.2. The van der Waals surface area contributed by atoms with Crippen molar-refractivity contribution in [1.82, 2.24) is 20.6 Å². The highest BCUT2D eigenvalue weighted by Crippen LogP contribution is 2.29. The zero-order valence-electron chi connectivity index (χ0n) is 30.7. The Balaban J connectivity index is 0.000000218. The van der Waals surface area contributed by atoms with E-state index in [4.69, 9.17) is 11.6 Å². The fourth-order valence-electron chi connectivity index (χ4n) is 6.08. The van der Waals surface area contributed by atoms with Gasteiger partial charge in [-0.05, 0) is 72.5 Å². The highest BCUT2D eigenvalue weighted by molar-refractivity contribution is 6.33. The number of nitrogens with zero attached hydrogens (tertiary/aromatic N) is 2. The smallest absolute Gasteiger partial charge is 0.305 e. The van der Waals surface area contributed by atoms with E-state index < -0.39 is 47.5 Å². The van der Waals surface area contributed by atoms with Crippen LogP contribution in [0.15, 0.2) is 128 Å². The average molecular weight is 791 g/mol. The van der Waals surface area contributed by atoms with Crippen LogP contribution in [0.5, 0.6) is 0 Å². The summed E-state index contributed by atoms with van der Waals surface area (Å²) in [7, 11) is 0. The fraction of sp³-hybridized carbons (Fsp3) is 0.136. The van der Waals surface area contributed by atoms with Gasteiger partial charge in [0.25, 0.3) is 11.8 Å². The van der Waals surface area contributed by atoms with Gasteiger partial charge < -0.3 is 20.8 Å². The van der Waals surface area contributed by atoms with Gasteiger partial charge in [-0.25, -0.2) is 13.8 Å². The monoisotopic (exact) mass is 790 g/mol. The van der Waals surface area contributed by atoms with Crippen molar-refractivity contribution in [2.24, 2.45) is 0 Å². The Bertz CT molecular complexity index is 2430. The van der Waals surface area contributed by atoms with Gasteiger partial charge >= 0.3 is 11.9 Å². The summed E-state index contributed by atoms with van der Waals surface area (Å²) in [6, 6.07) is 30.2. The Morgan fingerprint density at radius 1 is 0.667 bits per heavy atom. The molecule has 0 aliphatic carbocycles. The van der Waals surface area contributed by atoms with E-state index >= 15 is 0 Å². The van der Waals surface area contributed by atoms with Crippen LogP contribution in [0.4, 0.5) is 8.78 Å². The van der Waals surface area contributed by atoms with E-state index in [0.29, 0.717) is 21.7 Å². The van der Waals surface area contributed by atoms with Gasteiger partial charge in [-0.3, -0.25) is 24.2 Å². The number of rotatable bonds is 12. The summed E-state index contributed by atoms with van der Waals surface area (Å²) in [5.74, 6) is -5.13. The first-order valence-corrected chi connectivity index (χ1v) is 18.0. The third kappa shape index (κ3) is 10.9. The minimum absolute atomic E-state index is 0.0323. The largest absolute Gasteiger partial charge is 0.481 e. The Morgan fingerprint density at radius 3 is 1.81 bits per heavy atom. The summed E-state index contributed by atoms with van der Waals surface area (Å²) >= 11 is 6.24. The van der Waals surface area contributed by atoms with Crippen LogP contribution >= 0.6 is 11.6 Å². The number of benzene rings is 4. The molecule has 2 atom stereocenters. The normalized spacial score (nSPS) is 11.7. The SMILES string of the molecule is Cc1ccccc1[C@H](CC(=O)O)NC(=O)c1cccc(-c2cccc(F)c2F)n1.Cc1ccccc1[C@H](CC(=O)O)NC(=O)c1cncc(-c2ccccc2Cl)c1. The van der Waals surface area contributed by atoms with Crippen LogP contribution in [-0.2, 0) is 9.59 Å². The van der Waals surface area contributed by atoms with Gasteiger partial charge in [0.05, 0.1) is 36.2 Å². The van der Waals surface area contributed by atoms with Crippen LogP contribution < -0.4 is 10.6 Å². The predicted molar refractivity (Wildman–Crippen MR) is 212 cm³/mol. The lowest BCUT2D eigenvalue weighted by atomic mass is 9.98. The number of carboxylic acid groups (broad SMARTS) is 2. The lowest BCUT2D eigenvalue weighted by Gasteiger charge is -2.19. The molecule has 13 heteroatoms. The average Bonchev–Trinajstić information content (AvgIpc) is 3.19. The topological polar surface area (TPSA) is 159 Å². The van der Waals surface area contributed by atoms with E-state index in [1.807, 2.05) is 68.4 Å². The molecule has 4 N–H and O–H groups in total. The van der Waals surface area contributed by atoms with Gasteiger partial charge in [0.15, 0.2) is 11.6 Å². The van der Waals surface area contributed by atoms with Crippen molar-refractivity contribution in [2.45, 2.75) is 38.8 Å². The van der Waals surface area contributed by atoms with Crippen molar-refractivity contribution in [3.8, 4) is 22.4 Å². The Morgan fingerprint density at radius 2 is 1.21 bits per heavy atom. The molecule has 0 aliphatic rings. The highest BCUT2D eigenvalue weighted by atomic mass is 35.5. The molecule has 0 saturated carbocycles. The summed E-state index contributed by atoms with van der Waals surface area (Å²) < 4.78 is 27.6. The van der Waals surface area contributed by atoms with Crippen LogP contribution in [0.3, 0.4) is 0 Å². The van der Waals surface area contributed by atoms with Gasteiger partial charge in [-0.15, -0.1) is 0 Å². The van der Waals surface area contributed by atoms with Crippen molar-refractivity contribution >= 4 is 35.4 Å². The van der Waals surface area contributed by atoms with E-state index in [9.17, 15) is 38.2 Å². The second-order valence-electron chi connectivity index (χ2n) is 12.9. The number of carboxylic acids is 2. The summed E-state index contributed by atoms with van der Waals surface area (Å²) in [6.45, 7) is 3.71. The van der Waals surface area contributed by atoms with Crippen molar-refractivity contribution in [3.63, 3.8) is 0 Å². The van der Waals surface area contributed by atoms with Crippen LogP contribution in [-0.4, -0.2) is 43.9 Å². The number of carbonyl (C=O) groups excluding carboxylic acids is 2. The third-order valence-corrected chi connectivity index (χ3v) is 9.22. The third-order valence-electron chi connectivity index (χ3n) is 8.89. The first-order valence-electron chi connectivity index (χ1n) is 17.6. The maximum absolute atomic E-state index is 14.1. The minimum Gasteiger partial charge on any atom is -0.481 e. The molecule has 0 bridgehead atoms. The van der Waals surface area contributed by atoms with Gasteiger partial charge in [0, 0.05) is 34.1 Å². The molecule has 2 aromatic heterocycles. The summed E-state index contributed by atoms with van der Waals surface area (Å²) in [6.07, 6.45) is 2.56. The first kappa shape index (κ1) is 41.4. The van der Waals surface area contributed by atoms with Crippen LogP contribution in [0, 0.1) is 25.5 Å². The molecule has 0 radical (unpaired) electrons. The van der Waals surface area contributed by atoms with E-state index in [2.05, 4.69) is 20.6 Å². The number of nitrogens with one attached hydrogen (secondary N) is 2. The van der Waals surface area contributed by atoms with Gasteiger partial charge in [0.1, 0.15) is 5.69 Å². The molecule has 4 aromatic carbocycles. The van der Waals surface area contributed by atoms with E-state index in [1.165, 1.54) is 36.5 Å². The van der Waals surface area contributed by atoms with Crippen molar-refractivity contribution in [1.29, 1.82) is 0 Å². The number of hydrogen-bond donors (Lipinski definition) is 4. The predicted octanol–water partition coefficient (Wildman–Crippen LogP) is 8.94. The van der Waals surface area contributed by atoms with Crippen molar-refractivity contribution < 1.29 is 38.2 Å². The maximum atomic E-state index is 14.1. The first-order chi connectivity index (χ1) is 27.3. The molecule has 0 aliphatic heterocycles. The lowest BCUT2D eigenvalue weighted by Crippen LogP contribution is -2.31. The number of aryl methyl sites for hydroxylation is 2. The van der Waals surface area contributed by atoms with Crippen molar-refractivity contribution in [2.75, 3.05) is 0 Å². The lowest BCUT2D eigenvalue weighted by molar-refractivity contribution is -0.138. The van der Waals surface area contributed by atoms with Crippen molar-refractivity contribution in [3.05, 3.63) is 178 Å². The molecule has 290 valence electrons. The Hall–Kier alpha value is -6.79. The molecule has 0 saturated heterocycles. The van der Waals surface area contributed by atoms with E-state index in [-0.39, 0.29) is 29.8 Å². The van der Waals surface area contributed by atoms with Gasteiger partial charge in [0.2, 0.25) is 0 Å². The summed E-state index contributed by atoms with van der Waals surface area (Å²) in [4.78, 5) is 56.4. The molecule has 2 heterocycles. The summed E-state index contributed by atoms with van der Waals surface area (Å²) in [5, 5.41) is 24.5. The molecule has 6 rings (SSSR count). The molecule has 0 spiro atoms. The number of hydrogen-bond acceptors (Lipinski definition) is 6. The maximum Gasteiger partial charge on any atom is 0.305 e. The molecule has 6 aromatic rings. The summed E-state index contributed by atoms with van der Waals surface area (Å²) in [5.41, 5.74) is 5.01. The molecule has 0 fully saturated rings. The number of aromatic nitrogens is 2. The zero-order chi connectivity index (χ0) is 41.1. The second-order valence-corrected chi connectivity index (χ2v) is 13.3. The van der Waals surface area contributed by atoms with E-state index in [0.717, 1.165) is 28.3 Å². The number of pyridine rings is 2. The number of amides is 2. The molecule has 57 heavy (non-hydrogen) atoms. The van der Waals surface area contributed by atoms with Crippen LogP contribution in [0.2, 0.25) is 5.02 Å². The molecular formula is C44H37ClF2N4O6. The molecule has 2 amide bonds. The van der Waals surface area contributed by atoms with Crippen LogP contribution in [0.25, 0.3) is 22.4 Å². The minimum atomic E-state index is -1.07. The molecular weight excluding hydrogens is 754 g/mol. The van der Waals surface area contributed by atoms with Gasteiger partial charge in [-0.2, -0.15) is 0 Å². The Labute approximate surface area is 332 Å².